The molecule has 0 radical (unpaired) electrons. The zero-order valence-electron chi connectivity index (χ0n) is 21.7. The van der Waals surface area contributed by atoms with Crippen molar-refractivity contribution in [2.75, 3.05) is 26.9 Å². The standard InChI is InChI=1S/C28H23N5O7S/c1-37-24-16-18(7-12-23(24)39-14-13-38-21-10-8-19(9-11-21)33(35)36)15-22-26(29)32-28(30-27(22)34)41-25(31-32)17-40-20-5-3-2-4-6-20/h2-12,15-16,29H,13-14,17H2,1H3/b22-15-,29-26?. The normalized spacial score (nSPS) is 15.2. The molecule has 3 aromatic carbocycles. The molecule has 0 atom stereocenters. The van der Waals surface area contributed by atoms with Crippen LogP contribution in [0.4, 0.5) is 5.69 Å². The maximum atomic E-state index is 12.8. The average Bonchev–Trinajstić information content (AvgIpc) is 3.40. The van der Waals surface area contributed by atoms with E-state index in [1.54, 1.807) is 24.3 Å². The van der Waals surface area contributed by atoms with Crippen LogP contribution in [0.3, 0.4) is 0 Å². The van der Waals surface area contributed by atoms with E-state index in [-0.39, 0.29) is 36.9 Å². The predicted molar refractivity (Wildman–Crippen MR) is 154 cm³/mol. The number of amidine groups is 2. The summed E-state index contributed by atoms with van der Waals surface area (Å²) in [5.74, 6) is 1.41. The smallest absolute Gasteiger partial charge is 0.283 e. The molecule has 0 fully saturated rings. The first-order valence-electron chi connectivity index (χ1n) is 12.3. The lowest BCUT2D eigenvalue weighted by atomic mass is 10.1. The number of rotatable bonds is 11. The minimum absolute atomic E-state index is 0.0177. The summed E-state index contributed by atoms with van der Waals surface area (Å²) in [7, 11) is 1.49. The van der Waals surface area contributed by atoms with E-state index in [2.05, 4.69) is 10.1 Å². The second-order valence-corrected chi connectivity index (χ2v) is 9.51. The number of non-ortho nitro benzene ring substituents is 1. The van der Waals surface area contributed by atoms with E-state index in [9.17, 15) is 14.9 Å². The van der Waals surface area contributed by atoms with E-state index in [0.29, 0.717) is 38.8 Å². The van der Waals surface area contributed by atoms with Crippen molar-refractivity contribution < 1.29 is 28.7 Å². The molecule has 0 aromatic heterocycles. The maximum Gasteiger partial charge on any atom is 0.283 e. The number of aliphatic imine (C=N–C) groups is 1. The van der Waals surface area contributed by atoms with E-state index < -0.39 is 10.8 Å². The van der Waals surface area contributed by atoms with Gasteiger partial charge in [-0.1, -0.05) is 24.3 Å². The first kappa shape index (κ1) is 27.4. The highest BCUT2D eigenvalue weighted by Crippen LogP contribution is 2.32. The Bertz CT molecular complexity index is 1570. The molecule has 0 saturated heterocycles. The van der Waals surface area contributed by atoms with Crippen molar-refractivity contribution in [1.82, 2.24) is 5.01 Å². The quantitative estimate of drug-likeness (QED) is 0.148. The summed E-state index contributed by atoms with van der Waals surface area (Å²) in [6.07, 6.45) is 1.55. The second-order valence-electron chi connectivity index (χ2n) is 8.47. The van der Waals surface area contributed by atoms with Gasteiger partial charge in [0, 0.05) is 12.1 Å². The predicted octanol–water partition coefficient (Wildman–Crippen LogP) is 4.76. The minimum atomic E-state index is -0.545. The summed E-state index contributed by atoms with van der Waals surface area (Å²) >= 11 is 1.19. The Morgan fingerprint density at radius 1 is 0.976 bits per heavy atom. The van der Waals surface area contributed by atoms with Crippen LogP contribution in [0.1, 0.15) is 5.56 Å². The van der Waals surface area contributed by atoms with Crippen molar-refractivity contribution in [2.45, 2.75) is 0 Å². The van der Waals surface area contributed by atoms with Crippen LogP contribution in [0.2, 0.25) is 0 Å². The van der Waals surface area contributed by atoms with E-state index in [4.69, 9.17) is 24.4 Å². The first-order chi connectivity index (χ1) is 19.9. The van der Waals surface area contributed by atoms with Crippen LogP contribution in [-0.2, 0) is 4.79 Å². The summed E-state index contributed by atoms with van der Waals surface area (Å²) in [5, 5.41) is 26.0. The molecule has 208 valence electrons. The number of fused-ring (bicyclic) bond motifs is 1. The summed E-state index contributed by atoms with van der Waals surface area (Å²) in [6, 6.07) is 20.1. The van der Waals surface area contributed by atoms with Crippen molar-refractivity contribution in [3.8, 4) is 23.0 Å². The summed E-state index contributed by atoms with van der Waals surface area (Å²) in [6.45, 7) is 0.573. The molecule has 13 heteroatoms. The highest BCUT2D eigenvalue weighted by molar-refractivity contribution is 8.27. The zero-order chi connectivity index (χ0) is 28.8. The van der Waals surface area contributed by atoms with Gasteiger partial charge in [0.25, 0.3) is 11.6 Å². The van der Waals surface area contributed by atoms with Crippen molar-refractivity contribution in [1.29, 1.82) is 5.41 Å². The van der Waals surface area contributed by atoms with Gasteiger partial charge < -0.3 is 18.9 Å². The molecule has 0 aliphatic carbocycles. The molecule has 0 saturated carbocycles. The fourth-order valence-electron chi connectivity index (χ4n) is 3.79. The van der Waals surface area contributed by atoms with Gasteiger partial charge in [0.1, 0.15) is 36.4 Å². The molecule has 3 aromatic rings. The summed E-state index contributed by atoms with van der Waals surface area (Å²) < 4.78 is 22.5. The first-order valence-corrected chi connectivity index (χ1v) is 13.1. The molecule has 5 rings (SSSR count). The summed E-state index contributed by atoms with van der Waals surface area (Å²) in [4.78, 5) is 27.2. The molecular formula is C28H23N5O7S. The van der Waals surface area contributed by atoms with Gasteiger partial charge in [-0.2, -0.15) is 15.1 Å². The zero-order valence-corrected chi connectivity index (χ0v) is 22.5. The molecule has 0 bridgehead atoms. The van der Waals surface area contributed by atoms with Crippen LogP contribution in [0.5, 0.6) is 23.0 Å². The molecule has 12 nitrogen and oxygen atoms in total. The van der Waals surface area contributed by atoms with E-state index in [1.807, 2.05) is 30.3 Å². The number of carbonyl (C=O) groups is 1. The lowest BCUT2D eigenvalue weighted by Gasteiger charge is -2.20. The molecule has 1 amide bonds. The number of para-hydroxylation sites is 1. The second kappa shape index (κ2) is 12.3. The van der Waals surface area contributed by atoms with Crippen molar-refractivity contribution >= 4 is 45.5 Å². The summed E-state index contributed by atoms with van der Waals surface area (Å²) in [5.41, 5.74) is 0.665. The SMILES string of the molecule is COc1cc(/C=C2/C(=N)N3N=C(COc4ccccc4)SC3=NC2=O)ccc1OCCOc1ccc([N+](=O)[O-])cc1. The highest BCUT2D eigenvalue weighted by Gasteiger charge is 2.35. The fraction of sp³-hybridized carbons (Fsp3) is 0.143. The third-order valence-corrected chi connectivity index (χ3v) is 6.64. The van der Waals surface area contributed by atoms with E-state index >= 15 is 0 Å². The van der Waals surface area contributed by atoms with E-state index in [0.717, 1.165) is 0 Å². The van der Waals surface area contributed by atoms with Crippen LogP contribution in [-0.4, -0.2) is 58.8 Å². The number of amides is 1. The lowest BCUT2D eigenvalue weighted by molar-refractivity contribution is -0.384. The van der Waals surface area contributed by atoms with Gasteiger partial charge in [0.15, 0.2) is 17.3 Å². The van der Waals surface area contributed by atoms with Gasteiger partial charge in [0.05, 0.1) is 17.6 Å². The molecule has 2 aliphatic heterocycles. The number of hydrogen-bond acceptors (Lipinski definition) is 10. The Kier molecular flexibility index (Phi) is 8.25. The van der Waals surface area contributed by atoms with Crippen molar-refractivity contribution in [3.63, 3.8) is 0 Å². The number of carbonyl (C=O) groups excluding carboxylic acids is 1. The maximum absolute atomic E-state index is 12.8. The third kappa shape index (κ3) is 6.53. The number of nitrogens with one attached hydrogen (secondary N) is 1. The number of methoxy groups -OCH3 is 1. The molecule has 0 spiro atoms. The van der Waals surface area contributed by atoms with E-state index in [1.165, 1.54) is 48.1 Å². The van der Waals surface area contributed by atoms with Crippen LogP contribution in [0.15, 0.2) is 88.5 Å². The number of ether oxygens (including phenoxy) is 4. The van der Waals surface area contributed by atoms with Crippen molar-refractivity contribution in [2.24, 2.45) is 10.1 Å². The van der Waals surface area contributed by atoms with Gasteiger partial charge in [0.2, 0.25) is 5.17 Å². The van der Waals surface area contributed by atoms with Gasteiger partial charge in [-0.05, 0) is 59.8 Å². The number of nitro benzene ring substituents is 1. The third-order valence-electron chi connectivity index (χ3n) is 5.76. The van der Waals surface area contributed by atoms with Crippen LogP contribution in [0.25, 0.3) is 6.08 Å². The van der Waals surface area contributed by atoms with Gasteiger partial charge in [-0.15, -0.1) is 0 Å². The van der Waals surface area contributed by atoms with Gasteiger partial charge in [-0.25, -0.2) is 0 Å². The van der Waals surface area contributed by atoms with Crippen LogP contribution < -0.4 is 18.9 Å². The molecule has 41 heavy (non-hydrogen) atoms. The van der Waals surface area contributed by atoms with Crippen LogP contribution in [0, 0.1) is 15.5 Å². The molecule has 2 aliphatic rings. The molecule has 1 N–H and O–H groups in total. The number of nitrogens with zero attached hydrogens (tertiary/aromatic N) is 4. The lowest BCUT2D eigenvalue weighted by Crippen LogP contribution is -2.35. The number of hydrogen-bond donors (Lipinski definition) is 1. The monoisotopic (exact) mass is 573 g/mol. The molecule has 2 heterocycles. The van der Waals surface area contributed by atoms with Gasteiger partial charge in [-0.3, -0.25) is 20.3 Å². The fourth-order valence-corrected chi connectivity index (χ4v) is 4.59. The Balaban J connectivity index is 1.21. The number of benzene rings is 3. The Hall–Kier alpha value is -5.17. The van der Waals surface area contributed by atoms with Crippen molar-refractivity contribution in [3.05, 3.63) is 94.0 Å². The Morgan fingerprint density at radius 2 is 1.71 bits per heavy atom. The average molecular weight is 574 g/mol. The number of nitro groups is 1. The van der Waals surface area contributed by atoms with Crippen LogP contribution >= 0.6 is 11.8 Å². The molecular weight excluding hydrogens is 550 g/mol. The Labute approximate surface area is 238 Å². The topological polar surface area (TPSA) is 149 Å². The largest absolute Gasteiger partial charge is 0.493 e. The highest BCUT2D eigenvalue weighted by atomic mass is 32.2. The Morgan fingerprint density at radius 3 is 2.44 bits per heavy atom. The minimum Gasteiger partial charge on any atom is -0.493 e. The number of hydrazone groups is 1. The number of thioether (sulfide) groups is 1. The van der Waals surface area contributed by atoms with Gasteiger partial charge >= 0.3 is 0 Å². The molecule has 0 unspecified atom stereocenters.